The Morgan fingerprint density at radius 1 is 1.27 bits per heavy atom. The molecule has 2 N–H and O–H groups in total. The first kappa shape index (κ1) is 28.8. The number of carbonyl (C=O) groups is 2. The minimum Gasteiger partial charge on any atom is -0.462 e. The van der Waals surface area contributed by atoms with Crippen LogP contribution < -0.4 is 11.2 Å². The molecule has 2 aliphatic rings. The van der Waals surface area contributed by atoms with E-state index >= 15 is 0 Å². The molecule has 0 bridgehead atoms. The molecule has 3 rings (SSSR count). The second-order valence-electron chi connectivity index (χ2n) is 8.93. The molecule has 2 saturated heterocycles. The van der Waals surface area contributed by atoms with E-state index in [0.29, 0.717) is 0 Å². The highest BCUT2D eigenvalue weighted by Crippen LogP contribution is 2.58. The predicted molar refractivity (Wildman–Crippen MR) is 124 cm³/mol. The zero-order valence-electron chi connectivity index (χ0n) is 20.6. The van der Waals surface area contributed by atoms with Crippen molar-refractivity contribution < 1.29 is 47.0 Å². The zero-order chi connectivity index (χ0) is 27.5. The van der Waals surface area contributed by atoms with Gasteiger partial charge in [-0.05, 0) is 34.1 Å². The molecular formula is C22H29N2O12P. The second kappa shape index (κ2) is 11.3. The van der Waals surface area contributed by atoms with E-state index in [-0.39, 0.29) is 6.42 Å². The van der Waals surface area contributed by atoms with Crippen LogP contribution in [0.3, 0.4) is 0 Å². The second-order valence-corrected chi connectivity index (χ2v) is 10.6. The first-order valence-electron chi connectivity index (χ1n) is 11.4. The quantitative estimate of drug-likeness (QED) is 0.187. The van der Waals surface area contributed by atoms with Gasteiger partial charge in [0.2, 0.25) is 0 Å². The van der Waals surface area contributed by atoms with Crippen LogP contribution in [-0.4, -0.2) is 69.8 Å². The fourth-order valence-electron chi connectivity index (χ4n) is 3.73. The molecule has 2 aliphatic heterocycles. The summed E-state index contributed by atoms with van der Waals surface area (Å²) in [6, 6.07) is 1.03. The number of rotatable bonds is 9. The van der Waals surface area contributed by atoms with E-state index in [9.17, 15) is 28.8 Å². The fraction of sp³-hybridized carbons (Fsp3) is 0.636. The van der Waals surface area contributed by atoms with E-state index in [0.717, 1.165) is 16.8 Å². The number of hydrogen-bond donors (Lipinski definition) is 2. The van der Waals surface area contributed by atoms with Gasteiger partial charge in [-0.15, -0.1) is 6.42 Å². The lowest BCUT2D eigenvalue weighted by atomic mass is 9.95. The van der Waals surface area contributed by atoms with E-state index < -0.39 is 86.4 Å². The lowest BCUT2D eigenvalue weighted by Crippen LogP contribution is -2.50. The molecule has 37 heavy (non-hydrogen) atoms. The lowest BCUT2D eigenvalue weighted by Gasteiger charge is -2.34. The summed E-state index contributed by atoms with van der Waals surface area (Å²) in [5, 5.41) is 11.2. The maximum absolute atomic E-state index is 13.2. The number of phosphoric acid groups is 1. The van der Waals surface area contributed by atoms with Crippen molar-refractivity contribution >= 4 is 19.8 Å². The first-order chi connectivity index (χ1) is 17.3. The first-order valence-corrected chi connectivity index (χ1v) is 12.9. The van der Waals surface area contributed by atoms with Gasteiger partial charge >= 0.3 is 25.5 Å². The number of fused-ring (bicyclic) bond motifs is 1. The molecule has 0 amide bonds. The standard InChI is InChI=1S/C22H29N2O12P/c1-6-22(29)17-15(35-20(22)24-9-7-16(25)23-21(24)28)11-32-37(30,36-17)31-10-8-14(18(26)33-12(2)3)19(27)34-13(4)5/h1,7,9,12-15,17,20,29H,8,10-11H2,2-5H3,(H,23,25,28)/t15-,17-,20-,22-,37-/m1/s1. The highest BCUT2D eigenvalue weighted by atomic mass is 31.2. The summed E-state index contributed by atoms with van der Waals surface area (Å²) < 4.78 is 45.8. The van der Waals surface area contributed by atoms with Gasteiger partial charge in [0.1, 0.15) is 12.2 Å². The summed E-state index contributed by atoms with van der Waals surface area (Å²) in [6.45, 7) is 5.61. The van der Waals surface area contributed by atoms with Gasteiger partial charge in [0.05, 0.1) is 25.4 Å². The number of H-pyrrole nitrogens is 1. The molecule has 1 aromatic rings. The summed E-state index contributed by atoms with van der Waals surface area (Å²) >= 11 is 0. The van der Waals surface area contributed by atoms with E-state index in [1.165, 1.54) is 0 Å². The van der Waals surface area contributed by atoms with Gasteiger partial charge in [-0.2, -0.15) is 0 Å². The number of terminal acetylenes is 1. The number of nitrogens with one attached hydrogen (secondary N) is 1. The predicted octanol–water partition coefficient (Wildman–Crippen LogP) is 0.248. The summed E-state index contributed by atoms with van der Waals surface area (Å²) in [5.74, 6) is -0.930. The highest BCUT2D eigenvalue weighted by Gasteiger charge is 2.62. The molecule has 0 aliphatic carbocycles. The number of ether oxygens (including phenoxy) is 3. The smallest absolute Gasteiger partial charge is 0.462 e. The van der Waals surface area contributed by atoms with Crippen LogP contribution in [0.4, 0.5) is 0 Å². The molecule has 5 atom stereocenters. The molecule has 15 heteroatoms. The van der Waals surface area contributed by atoms with Crippen LogP contribution >= 0.6 is 7.82 Å². The van der Waals surface area contributed by atoms with Crippen molar-refractivity contribution in [1.29, 1.82) is 0 Å². The molecular weight excluding hydrogens is 515 g/mol. The Morgan fingerprint density at radius 3 is 2.43 bits per heavy atom. The third-order valence-electron chi connectivity index (χ3n) is 5.35. The molecule has 0 radical (unpaired) electrons. The number of esters is 2. The normalized spacial score (nSPS) is 29.2. The monoisotopic (exact) mass is 544 g/mol. The number of aromatic amines is 1. The highest BCUT2D eigenvalue weighted by molar-refractivity contribution is 7.48. The SMILES string of the molecule is C#C[C@@]1(O)[C@@H]2O[P@](=O)(OCCC(C(=O)OC(C)C)C(=O)OC(C)C)OC[C@H]2O[C@H]1n1ccc(=O)[nH]c1=O. The number of hydrogen-bond acceptors (Lipinski definition) is 12. The van der Waals surface area contributed by atoms with Crippen LogP contribution in [0.25, 0.3) is 0 Å². The molecule has 2 fully saturated rings. The maximum atomic E-state index is 13.2. The van der Waals surface area contributed by atoms with Crippen LogP contribution in [0.15, 0.2) is 21.9 Å². The van der Waals surface area contributed by atoms with Crippen molar-refractivity contribution in [2.75, 3.05) is 13.2 Å². The van der Waals surface area contributed by atoms with Crippen molar-refractivity contribution in [1.82, 2.24) is 9.55 Å². The van der Waals surface area contributed by atoms with Crippen LogP contribution in [-0.2, 0) is 41.9 Å². The van der Waals surface area contributed by atoms with E-state index in [2.05, 4.69) is 5.92 Å². The van der Waals surface area contributed by atoms with Gasteiger partial charge < -0.3 is 19.3 Å². The Bertz CT molecular complexity index is 1190. The van der Waals surface area contributed by atoms with Gasteiger partial charge in [-0.25, -0.2) is 9.36 Å². The molecule has 14 nitrogen and oxygen atoms in total. The summed E-state index contributed by atoms with van der Waals surface area (Å²) in [5.41, 5.74) is -3.88. The van der Waals surface area contributed by atoms with Gasteiger partial charge in [0.25, 0.3) is 5.56 Å². The van der Waals surface area contributed by atoms with Crippen LogP contribution in [0.2, 0.25) is 0 Å². The lowest BCUT2D eigenvalue weighted by molar-refractivity contribution is -0.167. The average Bonchev–Trinajstić information content (AvgIpc) is 3.07. The minimum atomic E-state index is -4.37. The average molecular weight is 544 g/mol. The Morgan fingerprint density at radius 2 is 1.89 bits per heavy atom. The fourth-order valence-corrected chi connectivity index (χ4v) is 5.16. The number of phosphoric ester groups is 1. The van der Waals surface area contributed by atoms with Crippen LogP contribution in [0.5, 0.6) is 0 Å². The Balaban J connectivity index is 1.73. The Labute approximate surface area is 211 Å². The van der Waals surface area contributed by atoms with Crippen molar-refractivity contribution in [2.24, 2.45) is 5.92 Å². The number of carbonyl (C=O) groups excluding carboxylic acids is 2. The molecule has 0 saturated carbocycles. The van der Waals surface area contributed by atoms with Crippen molar-refractivity contribution in [3.63, 3.8) is 0 Å². The molecule has 1 aromatic heterocycles. The topological polar surface area (TPSA) is 182 Å². The Hall–Kier alpha value is -2.79. The van der Waals surface area contributed by atoms with Crippen molar-refractivity contribution in [2.45, 2.75) is 70.4 Å². The van der Waals surface area contributed by atoms with Gasteiger partial charge in [-0.1, -0.05) is 5.92 Å². The van der Waals surface area contributed by atoms with Crippen LogP contribution in [0.1, 0.15) is 40.3 Å². The van der Waals surface area contributed by atoms with Crippen molar-refractivity contribution in [3.8, 4) is 12.3 Å². The number of nitrogens with zero attached hydrogens (tertiary/aromatic N) is 1. The van der Waals surface area contributed by atoms with Crippen molar-refractivity contribution in [3.05, 3.63) is 33.1 Å². The Kier molecular flexibility index (Phi) is 8.79. The van der Waals surface area contributed by atoms with Gasteiger partial charge in [0.15, 0.2) is 17.7 Å². The summed E-state index contributed by atoms with van der Waals surface area (Å²) in [6.07, 6.45) is 1.35. The third-order valence-corrected chi connectivity index (χ3v) is 6.80. The summed E-state index contributed by atoms with van der Waals surface area (Å²) in [4.78, 5) is 50.4. The number of aliphatic hydroxyl groups is 1. The summed E-state index contributed by atoms with van der Waals surface area (Å²) in [7, 11) is -4.37. The van der Waals surface area contributed by atoms with E-state index in [1.54, 1.807) is 27.7 Å². The van der Waals surface area contributed by atoms with E-state index in [1.807, 2.05) is 4.98 Å². The third kappa shape index (κ3) is 6.38. The molecule has 3 heterocycles. The molecule has 0 spiro atoms. The molecule has 0 unspecified atom stereocenters. The van der Waals surface area contributed by atoms with E-state index in [4.69, 9.17) is 34.2 Å². The molecule has 204 valence electrons. The van der Waals surface area contributed by atoms with Crippen LogP contribution in [0, 0.1) is 18.3 Å². The number of aromatic nitrogens is 2. The van der Waals surface area contributed by atoms with Gasteiger partial charge in [0, 0.05) is 12.3 Å². The minimum absolute atomic E-state index is 0.271. The molecule has 0 aromatic carbocycles. The maximum Gasteiger partial charge on any atom is 0.475 e. The zero-order valence-corrected chi connectivity index (χ0v) is 21.5. The van der Waals surface area contributed by atoms with Gasteiger partial charge in [-0.3, -0.25) is 37.5 Å². The largest absolute Gasteiger partial charge is 0.475 e.